The Hall–Kier alpha value is -0.820. The molecule has 1 atom stereocenters. The second-order valence-corrected chi connectivity index (χ2v) is 5.29. The van der Waals surface area contributed by atoms with Gasteiger partial charge < -0.3 is 5.32 Å². The number of rotatable bonds is 5. The minimum absolute atomic E-state index is 0.585. The summed E-state index contributed by atoms with van der Waals surface area (Å²) in [6.07, 6.45) is 1.17. The van der Waals surface area contributed by atoms with Gasteiger partial charge in [-0.05, 0) is 49.4 Å². The van der Waals surface area contributed by atoms with Crippen LogP contribution >= 0.6 is 0 Å². The molecule has 90 valence electrons. The third-order valence-electron chi connectivity index (χ3n) is 3.03. The Balaban J connectivity index is 2.49. The predicted molar refractivity (Wildman–Crippen MR) is 71.9 cm³/mol. The average Bonchev–Trinajstić information content (AvgIpc) is 2.21. The Bertz CT molecular complexity index is 328. The second kappa shape index (κ2) is 6.05. The molecule has 0 aliphatic rings. The molecule has 0 heterocycles. The van der Waals surface area contributed by atoms with Crippen LogP contribution in [0.2, 0.25) is 0 Å². The van der Waals surface area contributed by atoms with Gasteiger partial charge in [-0.3, -0.25) is 0 Å². The van der Waals surface area contributed by atoms with Gasteiger partial charge in [-0.2, -0.15) is 0 Å². The molecule has 1 rings (SSSR count). The molecule has 1 aromatic carbocycles. The Morgan fingerprint density at radius 2 is 1.75 bits per heavy atom. The molecule has 0 radical (unpaired) electrons. The Labute approximate surface area is 100 Å². The van der Waals surface area contributed by atoms with Crippen molar-refractivity contribution >= 4 is 0 Å². The van der Waals surface area contributed by atoms with Crippen molar-refractivity contribution in [2.24, 2.45) is 5.92 Å². The highest BCUT2D eigenvalue weighted by molar-refractivity contribution is 5.30. The van der Waals surface area contributed by atoms with Crippen molar-refractivity contribution in [3.8, 4) is 0 Å². The molecular weight excluding hydrogens is 194 g/mol. The largest absolute Gasteiger partial charge is 0.314 e. The van der Waals surface area contributed by atoms with E-state index in [4.69, 9.17) is 0 Å². The van der Waals surface area contributed by atoms with Crippen LogP contribution in [0.1, 0.15) is 37.5 Å². The van der Waals surface area contributed by atoms with Gasteiger partial charge in [0.2, 0.25) is 0 Å². The van der Waals surface area contributed by atoms with E-state index < -0.39 is 0 Å². The Kier molecular flexibility index (Phi) is 5.01. The van der Waals surface area contributed by atoms with Crippen LogP contribution in [0.15, 0.2) is 18.2 Å². The van der Waals surface area contributed by atoms with Crippen LogP contribution in [0, 0.1) is 19.8 Å². The van der Waals surface area contributed by atoms with E-state index in [0.717, 1.165) is 6.54 Å². The molecule has 0 bridgehead atoms. The zero-order valence-corrected chi connectivity index (χ0v) is 11.3. The lowest BCUT2D eigenvalue weighted by Crippen LogP contribution is -2.28. The fraction of sp³-hybridized carbons (Fsp3) is 0.600. The zero-order valence-electron chi connectivity index (χ0n) is 11.3. The van der Waals surface area contributed by atoms with Crippen LogP contribution < -0.4 is 5.32 Å². The molecule has 0 saturated heterocycles. The number of hydrogen-bond acceptors (Lipinski definition) is 1. The quantitative estimate of drug-likeness (QED) is 0.799. The maximum atomic E-state index is 3.49. The summed E-state index contributed by atoms with van der Waals surface area (Å²) in [5.74, 6) is 0.699. The van der Waals surface area contributed by atoms with Gasteiger partial charge in [0.1, 0.15) is 0 Å². The predicted octanol–water partition coefficient (Wildman–Crippen LogP) is 3.48. The molecule has 1 heteroatoms. The van der Waals surface area contributed by atoms with Crippen molar-refractivity contribution in [2.75, 3.05) is 6.54 Å². The van der Waals surface area contributed by atoms with Crippen LogP contribution in [0.25, 0.3) is 0 Å². The van der Waals surface area contributed by atoms with E-state index in [1.165, 1.54) is 23.1 Å². The summed E-state index contributed by atoms with van der Waals surface area (Å²) >= 11 is 0. The summed E-state index contributed by atoms with van der Waals surface area (Å²) in [6.45, 7) is 12.2. The summed E-state index contributed by atoms with van der Waals surface area (Å²) in [7, 11) is 0. The van der Waals surface area contributed by atoms with Crippen molar-refractivity contribution in [1.29, 1.82) is 0 Å². The van der Waals surface area contributed by atoms with Gasteiger partial charge in [-0.25, -0.2) is 0 Å². The van der Waals surface area contributed by atoms with E-state index in [1.807, 2.05) is 0 Å². The standard InChI is InChI=1S/C15H25N/c1-11(2)16-10-12(3)8-15-7-6-13(4)14(5)9-15/h6-7,9,11-12,16H,8,10H2,1-5H3. The lowest BCUT2D eigenvalue weighted by Gasteiger charge is -2.15. The molecule has 1 nitrogen and oxygen atoms in total. The minimum atomic E-state index is 0.585. The van der Waals surface area contributed by atoms with Gasteiger partial charge in [-0.1, -0.05) is 39.0 Å². The van der Waals surface area contributed by atoms with E-state index in [9.17, 15) is 0 Å². The summed E-state index contributed by atoms with van der Waals surface area (Å²) in [5.41, 5.74) is 4.25. The topological polar surface area (TPSA) is 12.0 Å². The third kappa shape index (κ3) is 4.36. The average molecular weight is 219 g/mol. The summed E-state index contributed by atoms with van der Waals surface area (Å²) in [6, 6.07) is 7.39. The highest BCUT2D eigenvalue weighted by atomic mass is 14.9. The highest BCUT2D eigenvalue weighted by Gasteiger charge is 2.05. The first-order chi connectivity index (χ1) is 7.49. The molecule has 0 aliphatic carbocycles. The van der Waals surface area contributed by atoms with Crippen molar-refractivity contribution in [1.82, 2.24) is 5.32 Å². The van der Waals surface area contributed by atoms with Gasteiger partial charge >= 0.3 is 0 Å². The maximum absolute atomic E-state index is 3.49. The molecule has 0 aliphatic heterocycles. The molecule has 0 saturated carbocycles. The molecule has 0 spiro atoms. The number of hydrogen-bond donors (Lipinski definition) is 1. The third-order valence-corrected chi connectivity index (χ3v) is 3.03. The summed E-state index contributed by atoms with van der Waals surface area (Å²) < 4.78 is 0. The van der Waals surface area contributed by atoms with Gasteiger partial charge in [0, 0.05) is 6.04 Å². The summed E-state index contributed by atoms with van der Waals surface area (Å²) in [4.78, 5) is 0. The maximum Gasteiger partial charge on any atom is 0.00104 e. The van der Waals surface area contributed by atoms with E-state index in [1.54, 1.807) is 0 Å². The molecule has 16 heavy (non-hydrogen) atoms. The molecule has 1 N–H and O–H groups in total. The second-order valence-electron chi connectivity index (χ2n) is 5.29. The van der Waals surface area contributed by atoms with Crippen LogP contribution in [0.4, 0.5) is 0 Å². The summed E-state index contributed by atoms with van der Waals surface area (Å²) in [5, 5.41) is 3.49. The molecule has 0 fully saturated rings. The lowest BCUT2D eigenvalue weighted by molar-refractivity contribution is 0.476. The number of aryl methyl sites for hydroxylation is 2. The van der Waals surface area contributed by atoms with Gasteiger partial charge in [-0.15, -0.1) is 0 Å². The number of nitrogens with one attached hydrogen (secondary N) is 1. The first-order valence-corrected chi connectivity index (χ1v) is 6.28. The van der Waals surface area contributed by atoms with Crippen LogP contribution in [0.5, 0.6) is 0 Å². The minimum Gasteiger partial charge on any atom is -0.314 e. The van der Waals surface area contributed by atoms with E-state index >= 15 is 0 Å². The normalized spacial score (nSPS) is 13.1. The van der Waals surface area contributed by atoms with Crippen molar-refractivity contribution < 1.29 is 0 Å². The van der Waals surface area contributed by atoms with Crippen molar-refractivity contribution in [2.45, 2.75) is 47.1 Å². The molecule has 1 aromatic rings. The number of benzene rings is 1. The molecule has 0 amide bonds. The highest BCUT2D eigenvalue weighted by Crippen LogP contribution is 2.13. The van der Waals surface area contributed by atoms with Crippen molar-refractivity contribution in [3.63, 3.8) is 0 Å². The van der Waals surface area contributed by atoms with Crippen LogP contribution in [-0.2, 0) is 6.42 Å². The smallest absolute Gasteiger partial charge is 0.00104 e. The molecule has 0 aromatic heterocycles. The zero-order chi connectivity index (χ0) is 12.1. The first kappa shape index (κ1) is 13.2. The lowest BCUT2D eigenvalue weighted by atomic mass is 9.97. The van der Waals surface area contributed by atoms with Crippen molar-refractivity contribution in [3.05, 3.63) is 34.9 Å². The Morgan fingerprint density at radius 1 is 1.06 bits per heavy atom. The fourth-order valence-electron chi connectivity index (χ4n) is 1.84. The van der Waals surface area contributed by atoms with E-state index in [-0.39, 0.29) is 0 Å². The van der Waals surface area contributed by atoms with Gasteiger partial charge in [0.25, 0.3) is 0 Å². The van der Waals surface area contributed by atoms with E-state index in [0.29, 0.717) is 12.0 Å². The molecule has 1 unspecified atom stereocenters. The Morgan fingerprint density at radius 3 is 2.31 bits per heavy atom. The molecular formula is C15H25N. The van der Waals surface area contributed by atoms with Crippen LogP contribution in [-0.4, -0.2) is 12.6 Å². The van der Waals surface area contributed by atoms with Gasteiger partial charge in [0.15, 0.2) is 0 Å². The van der Waals surface area contributed by atoms with E-state index in [2.05, 4.69) is 58.1 Å². The monoisotopic (exact) mass is 219 g/mol. The van der Waals surface area contributed by atoms with Crippen LogP contribution in [0.3, 0.4) is 0 Å². The first-order valence-electron chi connectivity index (χ1n) is 6.28. The fourth-order valence-corrected chi connectivity index (χ4v) is 1.84. The SMILES string of the molecule is Cc1ccc(CC(C)CNC(C)C)cc1C. The van der Waals surface area contributed by atoms with Gasteiger partial charge in [0.05, 0.1) is 0 Å².